The van der Waals surface area contributed by atoms with E-state index < -0.39 is 0 Å². The number of halogens is 1. The second kappa shape index (κ2) is 4.45. The van der Waals surface area contributed by atoms with Crippen LogP contribution in [0.15, 0.2) is 47.3 Å². The molecular weight excluding hydrogens is 254 g/mol. The Balaban J connectivity index is 2.49. The van der Waals surface area contributed by atoms with Gasteiger partial charge in [-0.25, -0.2) is 0 Å². The first-order chi connectivity index (χ1) is 7.29. The minimum absolute atomic E-state index is 0.0725. The zero-order valence-electron chi connectivity index (χ0n) is 8.03. The van der Waals surface area contributed by atoms with Crippen molar-refractivity contribution >= 4 is 15.9 Å². The number of H-pyrrole nitrogens is 1. The van der Waals surface area contributed by atoms with Gasteiger partial charge in [0.15, 0.2) is 0 Å². The van der Waals surface area contributed by atoms with E-state index in [0.717, 1.165) is 16.6 Å². The summed E-state index contributed by atoms with van der Waals surface area (Å²) in [7, 11) is 0. The van der Waals surface area contributed by atoms with Crippen LogP contribution in [-0.4, -0.2) is 4.98 Å². The Morgan fingerprint density at radius 3 is 2.67 bits per heavy atom. The van der Waals surface area contributed by atoms with Crippen LogP contribution >= 0.6 is 15.9 Å². The molecule has 2 nitrogen and oxygen atoms in total. The van der Waals surface area contributed by atoms with Gasteiger partial charge in [0, 0.05) is 17.1 Å². The van der Waals surface area contributed by atoms with E-state index >= 15 is 0 Å². The molecule has 2 rings (SSSR count). The molecule has 0 amide bonds. The van der Waals surface area contributed by atoms with Crippen LogP contribution in [0.1, 0.15) is 5.56 Å². The van der Waals surface area contributed by atoms with Crippen LogP contribution < -0.4 is 5.56 Å². The van der Waals surface area contributed by atoms with E-state index in [9.17, 15) is 4.79 Å². The molecule has 0 aliphatic heterocycles. The zero-order valence-corrected chi connectivity index (χ0v) is 9.62. The lowest BCUT2D eigenvalue weighted by molar-refractivity contribution is 1.24. The number of hydrogen-bond acceptors (Lipinski definition) is 1. The molecule has 1 N–H and O–H groups in total. The summed E-state index contributed by atoms with van der Waals surface area (Å²) >= 11 is 3.41. The van der Waals surface area contributed by atoms with E-state index in [1.807, 2.05) is 24.3 Å². The van der Waals surface area contributed by atoms with Gasteiger partial charge in [0.2, 0.25) is 5.56 Å². The van der Waals surface area contributed by atoms with Gasteiger partial charge >= 0.3 is 0 Å². The Bertz CT molecular complexity index is 519. The Morgan fingerprint density at radius 2 is 1.93 bits per heavy atom. The SMILES string of the molecule is O=c1cccc(-c2cccc(CBr)c2)[nH]1. The summed E-state index contributed by atoms with van der Waals surface area (Å²) in [6.45, 7) is 0. The summed E-state index contributed by atoms with van der Waals surface area (Å²) in [6, 6.07) is 13.2. The number of benzene rings is 1. The normalized spacial score (nSPS) is 10.2. The second-order valence-electron chi connectivity index (χ2n) is 3.26. The maximum absolute atomic E-state index is 11.2. The maximum Gasteiger partial charge on any atom is 0.248 e. The van der Waals surface area contributed by atoms with Crippen molar-refractivity contribution in [3.05, 3.63) is 58.4 Å². The van der Waals surface area contributed by atoms with Crippen molar-refractivity contribution < 1.29 is 0 Å². The summed E-state index contributed by atoms with van der Waals surface area (Å²) in [5, 5.41) is 0.817. The average Bonchev–Trinajstić information content (AvgIpc) is 2.29. The molecule has 76 valence electrons. The van der Waals surface area contributed by atoms with E-state index in [4.69, 9.17) is 0 Å². The van der Waals surface area contributed by atoms with E-state index in [0.29, 0.717) is 0 Å². The van der Waals surface area contributed by atoms with Gasteiger partial charge in [0.05, 0.1) is 0 Å². The van der Waals surface area contributed by atoms with Crippen LogP contribution in [0.25, 0.3) is 11.3 Å². The molecule has 0 saturated heterocycles. The van der Waals surface area contributed by atoms with Crippen molar-refractivity contribution in [2.75, 3.05) is 0 Å². The fraction of sp³-hybridized carbons (Fsp3) is 0.0833. The first-order valence-corrected chi connectivity index (χ1v) is 5.76. The average molecular weight is 264 g/mol. The number of aromatic amines is 1. The van der Waals surface area contributed by atoms with E-state index in [-0.39, 0.29) is 5.56 Å². The van der Waals surface area contributed by atoms with Crippen molar-refractivity contribution in [3.63, 3.8) is 0 Å². The Hall–Kier alpha value is -1.35. The predicted octanol–water partition coefficient (Wildman–Crippen LogP) is 2.94. The number of rotatable bonds is 2. The molecule has 1 aromatic carbocycles. The van der Waals surface area contributed by atoms with Crippen LogP contribution in [0, 0.1) is 0 Å². The third kappa shape index (κ3) is 2.36. The minimum atomic E-state index is -0.0725. The highest BCUT2D eigenvalue weighted by atomic mass is 79.9. The predicted molar refractivity (Wildman–Crippen MR) is 65.1 cm³/mol. The van der Waals surface area contributed by atoms with Gasteiger partial charge in [0.1, 0.15) is 0 Å². The summed E-state index contributed by atoms with van der Waals surface area (Å²) in [6.07, 6.45) is 0. The molecule has 0 bridgehead atoms. The van der Waals surface area contributed by atoms with Gasteiger partial charge in [-0.2, -0.15) is 0 Å². The fourth-order valence-electron chi connectivity index (χ4n) is 1.44. The van der Waals surface area contributed by atoms with E-state index in [1.165, 1.54) is 11.6 Å². The highest BCUT2D eigenvalue weighted by Crippen LogP contribution is 2.18. The maximum atomic E-state index is 11.2. The van der Waals surface area contributed by atoms with Gasteiger partial charge in [0.25, 0.3) is 0 Å². The van der Waals surface area contributed by atoms with Crippen molar-refractivity contribution in [1.82, 2.24) is 4.98 Å². The van der Waals surface area contributed by atoms with Crippen molar-refractivity contribution in [1.29, 1.82) is 0 Å². The molecule has 2 aromatic rings. The molecule has 0 unspecified atom stereocenters. The molecule has 0 aliphatic carbocycles. The highest BCUT2D eigenvalue weighted by molar-refractivity contribution is 9.08. The van der Waals surface area contributed by atoms with Crippen molar-refractivity contribution in [3.8, 4) is 11.3 Å². The van der Waals surface area contributed by atoms with Crippen LogP contribution in [-0.2, 0) is 5.33 Å². The van der Waals surface area contributed by atoms with E-state index in [1.54, 1.807) is 6.07 Å². The van der Waals surface area contributed by atoms with Gasteiger partial charge in [-0.1, -0.05) is 40.2 Å². The van der Waals surface area contributed by atoms with Crippen LogP contribution in [0.5, 0.6) is 0 Å². The summed E-state index contributed by atoms with van der Waals surface area (Å²) in [5.74, 6) is 0. The lowest BCUT2D eigenvalue weighted by atomic mass is 10.1. The quantitative estimate of drug-likeness (QED) is 0.831. The van der Waals surface area contributed by atoms with Gasteiger partial charge in [-0.05, 0) is 23.3 Å². The third-order valence-electron chi connectivity index (χ3n) is 2.16. The Morgan fingerprint density at radius 1 is 1.13 bits per heavy atom. The Labute approximate surface area is 96.1 Å². The minimum Gasteiger partial charge on any atom is -0.322 e. The molecule has 1 heterocycles. The lowest BCUT2D eigenvalue weighted by Gasteiger charge is -2.02. The standard InChI is InChI=1S/C12H10BrNO/c13-8-9-3-1-4-10(7-9)11-5-2-6-12(15)14-11/h1-7H,8H2,(H,14,15). The monoisotopic (exact) mass is 263 g/mol. The van der Waals surface area contributed by atoms with Crippen LogP contribution in [0.3, 0.4) is 0 Å². The molecule has 3 heteroatoms. The van der Waals surface area contributed by atoms with Gasteiger partial charge in [-0.3, -0.25) is 4.79 Å². The van der Waals surface area contributed by atoms with Gasteiger partial charge < -0.3 is 4.98 Å². The second-order valence-corrected chi connectivity index (χ2v) is 3.82. The number of aromatic nitrogens is 1. The van der Waals surface area contributed by atoms with Crippen molar-refractivity contribution in [2.45, 2.75) is 5.33 Å². The molecule has 0 atom stereocenters. The summed E-state index contributed by atoms with van der Waals surface area (Å²) in [4.78, 5) is 14.0. The largest absolute Gasteiger partial charge is 0.322 e. The Kier molecular flexibility index (Phi) is 3.02. The number of nitrogens with one attached hydrogen (secondary N) is 1. The summed E-state index contributed by atoms with van der Waals surface area (Å²) < 4.78 is 0. The van der Waals surface area contributed by atoms with E-state index in [2.05, 4.69) is 27.0 Å². The molecule has 1 aromatic heterocycles. The molecule has 0 spiro atoms. The molecule has 0 saturated carbocycles. The third-order valence-corrected chi connectivity index (χ3v) is 2.81. The smallest absolute Gasteiger partial charge is 0.248 e. The zero-order chi connectivity index (χ0) is 10.7. The molecule has 15 heavy (non-hydrogen) atoms. The number of pyridine rings is 1. The first-order valence-electron chi connectivity index (χ1n) is 4.64. The first kappa shape index (κ1) is 10.2. The molecule has 0 aliphatic rings. The van der Waals surface area contributed by atoms with Crippen LogP contribution in [0.4, 0.5) is 0 Å². The topological polar surface area (TPSA) is 32.9 Å². The van der Waals surface area contributed by atoms with Crippen molar-refractivity contribution in [2.24, 2.45) is 0 Å². The van der Waals surface area contributed by atoms with Gasteiger partial charge in [-0.15, -0.1) is 0 Å². The highest BCUT2D eigenvalue weighted by Gasteiger charge is 1.98. The molecular formula is C12H10BrNO. The molecule has 0 radical (unpaired) electrons. The fourth-order valence-corrected chi connectivity index (χ4v) is 1.79. The van der Waals surface area contributed by atoms with Crippen LogP contribution in [0.2, 0.25) is 0 Å². The number of alkyl halides is 1. The lowest BCUT2D eigenvalue weighted by Crippen LogP contribution is -2.03. The number of hydrogen-bond donors (Lipinski definition) is 1. The summed E-state index contributed by atoms with van der Waals surface area (Å²) in [5.41, 5.74) is 3.00. The molecule has 0 fully saturated rings.